The first-order valence-corrected chi connectivity index (χ1v) is 12.7. The third-order valence-corrected chi connectivity index (χ3v) is 4.53. The number of guanidine groups is 2. The average molecular weight is 515 g/mol. The Morgan fingerprint density at radius 1 is 0.677 bits per heavy atom. The quantitative estimate of drug-likeness (QED) is 0.0634. The number of nitrogens with two attached hydrogens (primary N) is 3. The summed E-state index contributed by atoms with van der Waals surface area (Å²) in [5.41, 5.74) is 16.0. The second-order valence-corrected chi connectivity index (χ2v) is 8.42. The third kappa shape index (κ3) is 43.8. The molecular weight excluding hydrogens is 470 g/mol. The first kappa shape index (κ1) is 34.7. The largest absolute Gasteiger partial charge is 0.394 e. The average Bonchev–Trinajstić information content (AvgIpc) is 2.62. The number of aliphatic imine (C=N–C) groups is 2. The Morgan fingerprint density at radius 2 is 0.968 bits per heavy atom. The first-order chi connectivity index (χ1) is 14.2. The molecule has 0 heterocycles. The smallest absolute Gasteiger partial charge is 0.370 e. The molecule has 9 nitrogen and oxygen atoms in total. The van der Waals surface area contributed by atoms with E-state index in [-0.39, 0.29) is 29.0 Å². The molecule has 0 saturated heterocycles. The summed E-state index contributed by atoms with van der Waals surface area (Å²) in [5.74, 6) is 0.147. The minimum atomic E-state index is -4.67. The van der Waals surface area contributed by atoms with Crippen molar-refractivity contribution >= 4 is 22.3 Å². The molecule has 0 atom stereocenters. The Labute approximate surface area is 200 Å². The van der Waals surface area contributed by atoms with Crippen molar-refractivity contribution in [2.45, 2.75) is 110 Å². The molecule has 11 heteroatoms. The second kappa shape index (κ2) is 25.4. The number of hydrogen-bond acceptors (Lipinski definition) is 3. The summed E-state index contributed by atoms with van der Waals surface area (Å²) >= 11 is 0. The standard InChI is InChI=1S/C20H43N5.Cu.H2O4S/c1-2-3-4-5-6-7-8-9-10-11-12-13-14-15-16-17-18-24-20(23)25-19(21)22;;1-5(2,3)4/h2-18H2,1H3,(H6,21,22,23,24,25);;(H2,1,2,3,4). The van der Waals surface area contributed by atoms with Crippen molar-refractivity contribution in [3.8, 4) is 0 Å². The van der Waals surface area contributed by atoms with Crippen LogP contribution < -0.4 is 17.2 Å². The Balaban J connectivity index is -0.00000116. The SMILES string of the molecule is CCCCCCCCCCCCCCCCCCN=C(N)N=C(N)N.O=S(=O)(O)O.[Cu]. The van der Waals surface area contributed by atoms with E-state index in [1.165, 1.54) is 96.3 Å². The molecule has 0 aromatic rings. The third-order valence-electron chi connectivity index (χ3n) is 4.53. The second-order valence-electron chi connectivity index (χ2n) is 7.53. The van der Waals surface area contributed by atoms with Gasteiger partial charge in [-0.3, -0.25) is 14.1 Å². The molecule has 31 heavy (non-hydrogen) atoms. The maximum Gasteiger partial charge on any atom is 0.394 e. The van der Waals surface area contributed by atoms with Gasteiger partial charge in [-0.05, 0) is 6.42 Å². The predicted molar refractivity (Wildman–Crippen MR) is 126 cm³/mol. The minimum absolute atomic E-state index is 0. The molecule has 8 N–H and O–H groups in total. The molecule has 1 radical (unpaired) electrons. The van der Waals surface area contributed by atoms with Gasteiger partial charge in [0.25, 0.3) is 0 Å². The zero-order valence-corrected chi connectivity index (χ0v) is 20.8. The van der Waals surface area contributed by atoms with Crippen LogP contribution in [0.25, 0.3) is 0 Å². The van der Waals surface area contributed by atoms with Crippen molar-refractivity contribution in [3.05, 3.63) is 0 Å². The maximum atomic E-state index is 8.74. The molecular formula is C20H45CuN5O4S. The van der Waals surface area contributed by atoms with Gasteiger partial charge in [0, 0.05) is 23.6 Å². The summed E-state index contributed by atoms with van der Waals surface area (Å²) in [5, 5.41) is 0. The Hall–Kier alpha value is -0.871. The molecule has 0 aliphatic rings. The number of rotatable bonds is 17. The fraction of sp³-hybridized carbons (Fsp3) is 0.900. The number of unbranched alkanes of at least 4 members (excludes halogenated alkanes) is 15. The van der Waals surface area contributed by atoms with Crippen LogP contribution in [-0.4, -0.2) is 36.0 Å². The molecule has 0 aromatic heterocycles. The van der Waals surface area contributed by atoms with Crippen LogP contribution in [0.3, 0.4) is 0 Å². The molecule has 0 bridgehead atoms. The van der Waals surface area contributed by atoms with E-state index in [9.17, 15) is 0 Å². The summed E-state index contributed by atoms with van der Waals surface area (Å²) in [7, 11) is -4.67. The van der Waals surface area contributed by atoms with Gasteiger partial charge in [-0.1, -0.05) is 103 Å². The first-order valence-electron chi connectivity index (χ1n) is 11.3. The Morgan fingerprint density at radius 3 is 1.26 bits per heavy atom. The molecule has 0 spiro atoms. The van der Waals surface area contributed by atoms with Gasteiger partial charge in [0.2, 0.25) is 5.96 Å². The van der Waals surface area contributed by atoms with E-state index < -0.39 is 10.4 Å². The molecule has 0 saturated carbocycles. The minimum Gasteiger partial charge on any atom is -0.370 e. The van der Waals surface area contributed by atoms with Gasteiger partial charge >= 0.3 is 10.4 Å². The topological polar surface area (TPSA) is 177 Å². The van der Waals surface area contributed by atoms with Gasteiger partial charge in [0.05, 0.1) is 0 Å². The van der Waals surface area contributed by atoms with Crippen LogP contribution in [-0.2, 0) is 27.5 Å². The van der Waals surface area contributed by atoms with Gasteiger partial charge in [0.15, 0.2) is 5.96 Å². The molecule has 0 aliphatic carbocycles. The number of hydrogen-bond donors (Lipinski definition) is 5. The van der Waals surface area contributed by atoms with Crippen LogP contribution in [0.4, 0.5) is 0 Å². The monoisotopic (exact) mass is 514 g/mol. The fourth-order valence-corrected chi connectivity index (χ4v) is 3.02. The van der Waals surface area contributed by atoms with Gasteiger partial charge in [-0.25, -0.2) is 0 Å². The van der Waals surface area contributed by atoms with E-state index in [2.05, 4.69) is 16.9 Å². The summed E-state index contributed by atoms with van der Waals surface area (Å²) in [6.07, 6.45) is 21.9. The van der Waals surface area contributed by atoms with E-state index in [0.29, 0.717) is 6.54 Å². The molecule has 0 rings (SSSR count). The van der Waals surface area contributed by atoms with Gasteiger partial charge in [-0.2, -0.15) is 13.4 Å². The van der Waals surface area contributed by atoms with Crippen molar-refractivity contribution in [2.24, 2.45) is 27.2 Å². The molecule has 0 fully saturated rings. The summed E-state index contributed by atoms with van der Waals surface area (Å²) in [4.78, 5) is 7.80. The van der Waals surface area contributed by atoms with E-state index in [1.807, 2.05) is 0 Å². The van der Waals surface area contributed by atoms with Gasteiger partial charge in [0.1, 0.15) is 0 Å². The van der Waals surface area contributed by atoms with Crippen molar-refractivity contribution in [2.75, 3.05) is 6.54 Å². The molecule has 0 aromatic carbocycles. The van der Waals surface area contributed by atoms with E-state index in [1.54, 1.807) is 0 Å². The molecule has 0 aliphatic heterocycles. The van der Waals surface area contributed by atoms with Crippen LogP contribution in [0.1, 0.15) is 110 Å². The zero-order chi connectivity index (χ0) is 23.1. The van der Waals surface area contributed by atoms with Crippen molar-refractivity contribution < 1.29 is 34.6 Å². The van der Waals surface area contributed by atoms with Crippen molar-refractivity contribution in [1.29, 1.82) is 0 Å². The zero-order valence-electron chi connectivity index (χ0n) is 19.1. The van der Waals surface area contributed by atoms with Crippen molar-refractivity contribution in [1.82, 2.24) is 0 Å². The van der Waals surface area contributed by atoms with E-state index >= 15 is 0 Å². The van der Waals surface area contributed by atoms with Crippen LogP contribution in [0.5, 0.6) is 0 Å². The normalized spacial score (nSPS) is 11.3. The number of nitrogens with zero attached hydrogens (tertiary/aromatic N) is 2. The summed E-state index contributed by atoms with van der Waals surface area (Å²) in [6.45, 7) is 2.99. The summed E-state index contributed by atoms with van der Waals surface area (Å²) in [6, 6.07) is 0. The molecule has 0 unspecified atom stereocenters. The maximum absolute atomic E-state index is 8.74. The van der Waals surface area contributed by atoms with Gasteiger partial charge in [-0.15, -0.1) is 0 Å². The summed E-state index contributed by atoms with van der Waals surface area (Å²) < 4.78 is 31.6. The Kier molecular flexibility index (Phi) is 28.5. The van der Waals surface area contributed by atoms with Gasteiger partial charge < -0.3 is 17.2 Å². The van der Waals surface area contributed by atoms with Crippen LogP contribution in [0.2, 0.25) is 0 Å². The van der Waals surface area contributed by atoms with Crippen LogP contribution in [0, 0.1) is 0 Å². The van der Waals surface area contributed by atoms with Crippen molar-refractivity contribution in [3.63, 3.8) is 0 Å². The predicted octanol–water partition coefficient (Wildman–Crippen LogP) is 4.18. The molecule has 191 valence electrons. The van der Waals surface area contributed by atoms with Crippen LogP contribution >= 0.6 is 0 Å². The Bertz CT molecular complexity index is 534. The fourth-order valence-electron chi connectivity index (χ4n) is 3.02. The van der Waals surface area contributed by atoms with E-state index in [0.717, 1.165) is 6.42 Å². The van der Waals surface area contributed by atoms with E-state index in [4.69, 9.17) is 34.7 Å². The molecule has 0 amide bonds. The van der Waals surface area contributed by atoms with Crippen LogP contribution in [0.15, 0.2) is 9.98 Å².